The smallest absolute Gasteiger partial charge is 0.415 e. The standard InChI is InChI=1S/C27H37FN6O6S/c1-16-20-7-17(8-21(20)22(28)11-29-16)30-10-18(35)9-19-13-33(27(37)40-19)23-12-31-26-25(32-23)34(24(36)14-39-26)15-38-5-6-41(2,3)4/h11-12,17-19,30,35H,5-10,13-15H2,1-4H3. The summed E-state index contributed by atoms with van der Waals surface area (Å²) in [4.78, 5) is 40.8. The number of rotatable bonds is 11. The van der Waals surface area contributed by atoms with Gasteiger partial charge in [-0.05, 0) is 49.7 Å². The van der Waals surface area contributed by atoms with E-state index in [-0.39, 0.29) is 68.1 Å². The van der Waals surface area contributed by atoms with E-state index in [1.807, 2.05) is 6.92 Å². The van der Waals surface area contributed by atoms with Crippen LogP contribution in [0.3, 0.4) is 0 Å². The van der Waals surface area contributed by atoms with Crippen molar-refractivity contribution in [1.82, 2.24) is 20.3 Å². The van der Waals surface area contributed by atoms with Crippen LogP contribution in [-0.2, 0) is 27.1 Å². The molecule has 41 heavy (non-hydrogen) atoms. The van der Waals surface area contributed by atoms with E-state index in [4.69, 9.17) is 14.2 Å². The molecule has 0 aromatic carbocycles. The number of aliphatic hydroxyl groups excluding tert-OH is 1. The molecule has 3 atom stereocenters. The molecule has 2 aliphatic heterocycles. The second-order valence-corrected chi connectivity index (χ2v) is 16.1. The molecule has 2 aromatic heterocycles. The molecule has 2 aromatic rings. The lowest BCUT2D eigenvalue weighted by Crippen LogP contribution is -2.42. The van der Waals surface area contributed by atoms with Crippen molar-refractivity contribution >= 4 is 33.7 Å². The van der Waals surface area contributed by atoms with Gasteiger partial charge in [-0.1, -0.05) is 0 Å². The molecule has 12 nitrogen and oxygen atoms in total. The van der Waals surface area contributed by atoms with Crippen molar-refractivity contribution in [2.24, 2.45) is 0 Å². The van der Waals surface area contributed by atoms with Gasteiger partial charge >= 0.3 is 6.09 Å². The predicted octanol–water partition coefficient (Wildman–Crippen LogP) is 1.55. The van der Waals surface area contributed by atoms with Gasteiger partial charge in [0.1, 0.15) is 18.7 Å². The summed E-state index contributed by atoms with van der Waals surface area (Å²) >= 11 is 0. The number of aliphatic hydroxyl groups is 1. The number of carbonyl (C=O) groups excluding carboxylic acids is 2. The molecule has 0 spiro atoms. The lowest BCUT2D eigenvalue weighted by molar-refractivity contribution is -0.122. The highest BCUT2D eigenvalue weighted by Gasteiger charge is 2.37. The minimum atomic E-state index is -0.788. The highest BCUT2D eigenvalue weighted by Crippen LogP contribution is 2.34. The molecular formula is C27H37FN6O6S. The molecular weight excluding hydrogens is 555 g/mol. The number of aryl methyl sites for hydroxylation is 1. The molecule has 4 heterocycles. The van der Waals surface area contributed by atoms with Crippen LogP contribution in [0.5, 0.6) is 5.88 Å². The highest BCUT2D eigenvalue weighted by atomic mass is 32.3. The van der Waals surface area contributed by atoms with Crippen molar-refractivity contribution in [3.05, 3.63) is 35.0 Å². The van der Waals surface area contributed by atoms with Crippen molar-refractivity contribution in [3.8, 4) is 5.88 Å². The molecule has 1 saturated heterocycles. The third-order valence-electron chi connectivity index (χ3n) is 7.35. The van der Waals surface area contributed by atoms with Crippen LogP contribution >= 0.6 is 10.0 Å². The van der Waals surface area contributed by atoms with Gasteiger partial charge in [-0.15, -0.1) is 0 Å². The summed E-state index contributed by atoms with van der Waals surface area (Å²) in [5.41, 5.74) is 2.42. The maximum atomic E-state index is 14.1. The zero-order chi connectivity index (χ0) is 29.3. The molecule has 224 valence electrons. The Morgan fingerprint density at radius 2 is 2.00 bits per heavy atom. The molecule has 2 amide bonds. The number of nitrogens with one attached hydrogen (secondary N) is 1. The molecule has 0 saturated carbocycles. The summed E-state index contributed by atoms with van der Waals surface area (Å²) in [5, 5.41) is 14.0. The van der Waals surface area contributed by atoms with Gasteiger partial charge in [-0.2, -0.15) is 0 Å². The fourth-order valence-electron chi connectivity index (χ4n) is 5.08. The summed E-state index contributed by atoms with van der Waals surface area (Å²) in [6.07, 6.45) is 8.64. The highest BCUT2D eigenvalue weighted by molar-refractivity contribution is 8.32. The van der Waals surface area contributed by atoms with Crippen molar-refractivity contribution in [2.45, 2.75) is 44.4 Å². The van der Waals surface area contributed by atoms with Crippen LogP contribution in [0.2, 0.25) is 0 Å². The number of carbonyl (C=O) groups is 2. The Kier molecular flexibility index (Phi) is 8.64. The first-order valence-electron chi connectivity index (χ1n) is 13.5. The number of amides is 2. The van der Waals surface area contributed by atoms with Gasteiger partial charge in [0.2, 0.25) is 5.82 Å². The number of hydrogen-bond donors (Lipinski definition) is 2. The molecule has 0 radical (unpaired) electrons. The molecule has 1 fully saturated rings. The second kappa shape index (κ2) is 12.0. The summed E-state index contributed by atoms with van der Waals surface area (Å²) in [5.74, 6) is 0.860. The number of anilines is 2. The van der Waals surface area contributed by atoms with Crippen LogP contribution < -0.4 is 19.9 Å². The zero-order valence-electron chi connectivity index (χ0n) is 23.8. The van der Waals surface area contributed by atoms with Crippen LogP contribution in [0.15, 0.2) is 12.4 Å². The fraction of sp³-hybridized carbons (Fsp3) is 0.593. The summed E-state index contributed by atoms with van der Waals surface area (Å²) in [7, 11) is -0.739. The average molecular weight is 593 g/mol. The molecule has 3 aliphatic rings. The molecule has 1 aliphatic carbocycles. The zero-order valence-corrected chi connectivity index (χ0v) is 24.6. The first-order chi connectivity index (χ1) is 19.5. The van der Waals surface area contributed by atoms with Gasteiger partial charge in [-0.25, -0.2) is 29.2 Å². The molecule has 2 N–H and O–H groups in total. The van der Waals surface area contributed by atoms with Gasteiger partial charge in [0.15, 0.2) is 12.4 Å². The van der Waals surface area contributed by atoms with Gasteiger partial charge < -0.3 is 24.6 Å². The third-order valence-corrected chi connectivity index (χ3v) is 8.74. The van der Waals surface area contributed by atoms with Crippen LogP contribution in [0.4, 0.5) is 20.8 Å². The summed E-state index contributed by atoms with van der Waals surface area (Å²) < 4.78 is 30.8. The van der Waals surface area contributed by atoms with E-state index in [2.05, 4.69) is 39.0 Å². The number of aromatic nitrogens is 3. The van der Waals surface area contributed by atoms with Crippen molar-refractivity contribution in [1.29, 1.82) is 0 Å². The van der Waals surface area contributed by atoms with E-state index < -0.39 is 28.3 Å². The molecule has 3 unspecified atom stereocenters. The Hall–Kier alpha value is -3.07. The van der Waals surface area contributed by atoms with E-state index in [1.54, 1.807) is 0 Å². The van der Waals surface area contributed by atoms with E-state index >= 15 is 0 Å². The van der Waals surface area contributed by atoms with Crippen molar-refractivity contribution in [2.75, 3.05) is 67.4 Å². The average Bonchev–Trinajstić information content (AvgIpc) is 3.52. The number of hydrogen-bond acceptors (Lipinski definition) is 10. The quantitative estimate of drug-likeness (QED) is 0.370. The monoisotopic (exact) mass is 592 g/mol. The van der Waals surface area contributed by atoms with Crippen LogP contribution in [-0.4, -0.2) is 108 Å². The lowest BCUT2D eigenvalue weighted by Gasteiger charge is -2.29. The number of cyclic esters (lactones) is 1. The van der Waals surface area contributed by atoms with Crippen LogP contribution in [0, 0.1) is 12.7 Å². The number of ether oxygens (including phenoxy) is 3. The first kappa shape index (κ1) is 29.4. The number of nitrogens with zero attached hydrogens (tertiary/aromatic N) is 5. The summed E-state index contributed by atoms with van der Waals surface area (Å²) in [6.45, 7) is 2.63. The van der Waals surface area contributed by atoms with Crippen LogP contribution in [0.25, 0.3) is 0 Å². The second-order valence-electron chi connectivity index (χ2n) is 11.5. The summed E-state index contributed by atoms with van der Waals surface area (Å²) in [6, 6.07) is -0.00277. The Morgan fingerprint density at radius 3 is 2.76 bits per heavy atom. The van der Waals surface area contributed by atoms with Crippen LogP contribution in [0.1, 0.15) is 23.2 Å². The molecule has 14 heteroatoms. The van der Waals surface area contributed by atoms with E-state index in [0.29, 0.717) is 25.0 Å². The molecule has 0 bridgehead atoms. The van der Waals surface area contributed by atoms with Gasteiger partial charge in [0.25, 0.3) is 11.8 Å². The fourth-order valence-corrected chi connectivity index (χ4v) is 5.70. The minimum Gasteiger partial charge on any atom is -0.465 e. The Bertz CT molecular complexity index is 1280. The lowest BCUT2D eigenvalue weighted by atomic mass is 10.1. The Morgan fingerprint density at radius 1 is 1.22 bits per heavy atom. The van der Waals surface area contributed by atoms with Gasteiger partial charge in [0.05, 0.1) is 31.6 Å². The van der Waals surface area contributed by atoms with E-state index in [1.165, 1.54) is 22.2 Å². The first-order valence-corrected chi connectivity index (χ1v) is 16.6. The minimum absolute atomic E-state index is 0.00277. The van der Waals surface area contributed by atoms with Gasteiger partial charge in [-0.3, -0.25) is 19.6 Å². The Labute approximate surface area is 239 Å². The largest absolute Gasteiger partial charge is 0.465 e. The van der Waals surface area contributed by atoms with Gasteiger partial charge in [0, 0.05) is 30.5 Å². The SMILES string of the molecule is Cc1ncc(F)c2c1CC(NCC(O)CC1CN(c3cnc4c(n3)N(COCCS(C)(C)C)C(=O)CO4)C(=O)O1)C2. The topological polar surface area (TPSA) is 139 Å². The van der Waals surface area contributed by atoms with E-state index in [9.17, 15) is 19.1 Å². The van der Waals surface area contributed by atoms with Crippen molar-refractivity contribution in [3.63, 3.8) is 0 Å². The van der Waals surface area contributed by atoms with Crippen molar-refractivity contribution < 1.29 is 33.3 Å². The third kappa shape index (κ3) is 6.88. The maximum Gasteiger partial charge on any atom is 0.415 e. The number of fused-ring (bicyclic) bond motifs is 2. The Balaban J connectivity index is 1.15. The maximum absolute atomic E-state index is 14.1. The number of pyridine rings is 1. The number of halogens is 1. The van der Waals surface area contributed by atoms with E-state index in [0.717, 1.165) is 17.0 Å². The molecule has 5 rings (SSSR count). The normalized spacial score (nSPS) is 21.4. The predicted molar refractivity (Wildman–Crippen MR) is 152 cm³/mol.